The number of aromatic nitrogens is 1. The third-order valence-corrected chi connectivity index (χ3v) is 2.81. The van der Waals surface area contributed by atoms with Gasteiger partial charge in [0.2, 0.25) is 0 Å². The SMILES string of the molecule is CCC(C)(C)C(=O)OCCc1ccncc1. The Bertz CT molecular complexity index is 333. The van der Waals surface area contributed by atoms with E-state index in [1.54, 1.807) is 12.4 Å². The molecule has 0 aliphatic carbocycles. The minimum absolute atomic E-state index is 0.121. The van der Waals surface area contributed by atoms with Crippen LogP contribution in [0.3, 0.4) is 0 Å². The highest BCUT2D eigenvalue weighted by atomic mass is 16.5. The van der Waals surface area contributed by atoms with Crippen molar-refractivity contribution in [1.82, 2.24) is 4.98 Å². The van der Waals surface area contributed by atoms with Gasteiger partial charge < -0.3 is 4.74 Å². The Hall–Kier alpha value is -1.38. The molecular weight excluding hydrogens is 202 g/mol. The minimum Gasteiger partial charge on any atom is -0.465 e. The molecule has 0 saturated heterocycles. The second-order valence-corrected chi connectivity index (χ2v) is 4.48. The summed E-state index contributed by atoms with van der Waals surface area (Å²) in [6, 6.07) is 3.86. The van der Waals surface area contributed by atoms with E-state index in [4.69, 9.17) is 4.74 Å². The lowest BCUT2D eigenvalue weighted by Gasteiger charge is -2.20. The molecule has 0 fully saturated rings. The molecule has 0 aliphatic heterocycles. The van der Waals surface area contributed by atoms with E-state index in [1.165, 1.54) is 0 Å². The molecule has 0 saturated carbocycles. The van der Waals surface area contributed by atoms with Crippen LogP contribution in [-0.4, -0.2) is 17.6 Å². The zero-order valence-electron chi connectivity index (χ0n) is 10.2. The molecule has 1 aromatic heterocycles. The number of esters is 1. The van der Waals surface area contributed by atoms with E-state index in [9.17, 15) is 4.79 Å². The maximum absolute atomic E-state index is 11.7. The molecule has 3 heteroatoms. The van der Waals surface area contributed by atoms with Crippen LogP contribution in [0.2, 0.25) is 0 Å². The standard InChI is InChI=1S/C13H19NO2/c1-4-13(2,3)12(15)16-10-7-11-5-8-14-9-6-11/h5-6,8-9H,4,7,10H2,1-3H3. The molecule has 0 N–H and O–H groups in total. The maximum Gasteiger partial charge on any atom is 0.311 e. The summed E-state index contributed by atoms with van der Waals surface area (Å²) in [5, 5.41) is 0. The van der Waals surface area contributed by atoms with Crippen LogP contribution < -0.4 is 0 Å². The lowest BCUT2D eigenvalue weighted by molar-refractivity contribution is -0.154. The van der Waals surface area contributed by atoms with Crippen molar-refractivity contribution in [1.29, 1.82) is 0 Å². The molecule has 0 aromatic carbocycles. The highest BCUT2D eigenvalue weighted by Crippen LogP contribution is 2.21. The van der Waals surface area contributed by atoms with Gasteiger partial charge in [0.25, 0.3) is 0 Å². The number of carbonyl (C=O) groups excluding carboxylic acids is 1. The highest BCUT2D eigenvalue weighted by Gasteiger charge is 2.26. The number of pyridine rings is 1. The maximum atomic E-state index is 11.7. The summed E-state index contributed by atoms with van der Waals surface area (Å²) >= 11 is 0. The van der Waals surface area contributed by atoms with Crippen molar-refractivity contribution in [2.45, 2.75) is 33.6 Å². The number of ether oxygens (including phenoxy) is 1. The number of hydrogen-bond acceptors (Lipinski definition) is 3. The molecule has 0 unspecified atom stereocenters. The van der Waals surface area contributed by atoms with Crippen LogP contribution in [0.25, 0.3) is 0 Å². The Labute approximate surface area is 96.8 Å². The topological polar surface area (TPSA) is 39.2 Å². The third-order valence-electron chi connectivity index (χ3n) is 2.81. The van der Waals surface area contributed by atoms with Crippen LogP contribution in [-0.2, 0) is 16.0 Å². The lowest BCUT2D eigenvalue weighted by atomic mass is 9.91. The number of hydrogen-bond donors (Lipinski definition) is 0. The first-order valence-corrected chi connectivity index (χ1v) is 5.62. The molecule has 16 heavy (non-hydrogen) atoms. The van der Waals surface area contributed by atoms with Gasteiger partial charge in [0, 0.05) is 18.8 Å². The lowest BCUT2D eigenvalue weighted by Crippen LogP contribution is -2.26. The van der Waals surface area contributed by atoms with E-state index in [2.05, 4.69) is 4.98 Å². The van der Waals surface area contributed by atoms with Crippen molar-refractivity contribution in [3.8, 4) is 0 Å². The van der Waals surface area contributed by atoms with Crippen molar-refractivity contribution >= 4 is 5.97 Å². The molecule has 3 nitrogen and oxygen atoms in total. The Balaban J connectivity index is 2.34. The van der Waals surface area contributed by atoms with Crippen LogP contribution in [0.5, 0.6) is 0 Å². The summed E-state index contributed by atoms with van der Waals surface area (Å²) in [6.45, 7) is 6.24. The van der Waals surface area contributed by atoms with Crippen molar-refractivity contribution < 1.29 is 9.53 Å². The van der Waals surface area contributed by atoms with Gasteiger partial charge in [-0.05, 0) is 38.0 Å². The largest absolute Gasteiger partial charge is 0.465 e. The molecule has 88 valence electrons. The summed E-state index contributed by atoms with van der Waals surface area (Å²) < 4.78 is 5.24. The quantitative estimate of drug-likeness (QED) is 0.717. The summed E-state index contributed by atoms with van der Waals surface area (Å²) in [5.74, 6) is -0.121. The molecule has 0 amide bonds. The third kappa shape index (κ3) is 3.65. The average Bonchev–Trinajstić information content (AvgIpc) is 2.30. The van der Waals surface area contributed by atoms with Crippen molar-refractivity contribution in [3.63, 3.8) is 0 Å². The van der Waals surface area contributed by atoms with Crippen molar-refractivity contribution in [2.24, 2.45) is 5.41 Å². The fraction of sp³-hybridized carbons (Fsp3) is 0.538. The van der Waals surface area contributed by atoms with Crippen LogP contribution in [0.15, 0.2) is 24.5 Å². The van der Waals surface area contributed by atoms with Gasteiger partial charge in [-0.3, -0.25) is 9.78 Å². The molecule has 0 spiro atoms. The van der Waals surface area contributed by atoms with E-state index in [0.29, 0.717) is 6.61 Å². The number of rotatable bonds is 5. The molecule has 0 aliphatic rings. The Morgan fingerprint density at radius 2 is 2.00 bits per heavy atom. The van der Waals surface area contributed by atoms with Gasteiger partial charge in [-0.2, -0.15) is 0 Å². The first kappa shape index (κ1) is 12.7. The van der Waals surface area contributed by atoms with Crippen LogP contribution in [0.1, 0.15) is 32.8 Å². The summed E-state index contributed by atoms with van der Waals surface area (Å²) in [7, 11) is 0. The van der Waals surface area contributed by atoms with Crippen molar-refractivity contribution in [3.05, 3.63) is 30.1 Å². The Morgan fingerprint density at radius 3 is 2.56 bits per heavy atom. The second-order valence-electron chi connectivity index (χ2n) is 4.48. The van der Waals surface area contributed by atoms with Crippen LogP contribution >= 0.6 is 0 Å². The summed E-state index contributed by atoms with van der Waals surface area (Å²) in [6.07, 6.45) is 5.02. The average molecular weight is 221 g/mol. The zero-order chi connectivity index (χ0) is 12.0. The van der Waals surface area contributed by atoms with Gasteiger partial charge in [-0.25, -0.2) is 0 Å². The predicted octanol–water partition coefficient (Wildman–Crippen LogP) is 2.60. The van der Waals surface area contributed by atoms with Gasteiger partial charge in [-0.15, -0.1) is 0 Å². The van der Waals surface area contributed by atoms with Gasteiger partial charge in [0.1, 0.15) is 0 Å². The van der Waals surface area contributed by atoms with Crippen LogP contribution in [0, 0.1) is 5.41 Å². The number of carbonyl (C=O) groups is 1. The monoisotopic (exact) mass is 221 g/mol. The first-order chi connectivity index (χ1) is 7.56. The molecule has 1 rings (SSSR count). The predicted molar refractivity (Wildman–Crippen MR) is 63.0 cm³/mol. The highest BCUT2D eigenvalue weighted by molar-refractivity contribution is 5.75. The van der Waals surface area contributed by atoms with Gasteiger partial charge in [0.05, 0.1) is 12.0 Å². The molecular formula is C13H19NO2. The fourth-order valence-electron chi connectivity index (χ4n) is 1.15. The van der Waals surface area contributed by atoms with E-state index >= 15 is 0 Å². The number of nitrogens with zero attached hydrogens (tertiary/aromatic N) is 1. The minimum atomic E-state index is -0.377. The van der Waals surface area contributed by atoms with E-state index in [1.807, 2.05) is 32.9 Å². The summed E-state index contributed by atoms with van der Waals surface area (Å²) in [4.78, 5) is 15.6. The smallest absolute Gasteiger partial charge is 0.311 e. The molecule has 0 radical (unpaired) electrons. The van der Waals surface area contributed by atoms with E-state index in [0.717, 1.165) is 18.4 Å². The molecule has 1 aromatic rings. The first-order valence-electron chi connectivity index (χ1n) is 5.62. The van der Waals surface area contributed by atoms with E-state index in [-0.39, 0.29) is 11.4 Å². The van der Waals surface area contributed by atoms with Crippen LogP contribution in [0.4, 0.5) is 0 Å². The van der Waals surface area contributed by atoms with Gasteiger partial charge in [-0.1, -0.05) is 6.92 Å². The Morgan fingerprint density at radius 1 is 1.38 bits per heavy atom. The molecule has 1 heterocycles. The van der Waals surface area contributed by atoms with Gasteiger partial charge >= 0.3 is 5.97 Å². The van der Waals surface area contributed by atoms with Gasteiger partial charge in [0.15, 0.2) is 0 Å². The normalized spacial score (nSPS) is 11.2. The second kappa shape index (κ2) is 5.64. The molecule has 0 bridgehead atoms. The fourth-order valence-corrected chi connectivity index (χ4v) is 1.15. The Kier molecular flexibility index (Phi) is 4.47. The molecule has 0 atom stereocenters. The summed E-state index contributed by atoms with van der Waals surface area (Å²) in [5.41, 5.74) is 0.759. The van der Waals surface area contributed by atoms with E-state index < -0.39 is 0 Å². The zero-order valence-corrected chi connectivity index (χ0v) is 10.2. The van der Waals surface area contributed by atoms with Crippen molar-refractivity contribution in [2.75, 3.05) is 6.61 Å².